The number of hydrogen-bond acceptors (Lipinski definition) is 6. The summed E-state index contributed by atoms with van der Waals surface area (Å²) in [7, 11) is 0. The first kappa shape index (κ1) is 14.2. The van der Waals surface area contributed by atoms with Crippen LogP contribution in [-0.2, 0) is 9.47 Å². The van der Waals surface area contributed by atoms with Gasteiger partial charge in [-0.2, -0.15) is 10.5 Å². The van der Waals surface area contributed by atoms with Crippen LogP contribution < -0.4 is 5.73 Å². The first-order valence-electron chi connectivity index (χ1n) is 7.54. The van der Waals surface area contributed by atoms with Crippen LogP contribution in [0.1, 0.15) is 24.0 Å². The van der Waals surface area contributed by atoms with Gasteiger partial charge in [0.2, 0.25) is 0 Å². The third kappa shape index (κ3) is 1.29. The van der Waals surface area contributed by atoms with Gasteiger partial charge in [-0.15, -0.1) is 0 Å². The highest BCUT2D eigenvalue weighted by Crippen LogP contribution is 2.82. The highest BCUT2D eigenvalue weighted by Gasteiger charge is 2.94. The van der Waals surface area contributed by atoms with E-state index in [-0.39, 0.29) is 11.9 Å². The van der Waals surface area contributed by atoms with Crippen molar-refractivity contribution in [2.75, 3.05) is 6.61 Å². The Bertz CT molecular complexity index is 823. The fourth-order valence-electron chi connectivity index (χ4n) is 4.24. The van der Waals surface area contributed by atoms with Crippen LogP contribution >= 0.6 is 0 Å². The van der Waals surface area contributed by atoms with Crippen LogP contribution in [0.15, 0.2) is 29.3 Å². The lowest BCUT2D eigenvalue weighted by Crippen LogP contribution is -2.39. The van der Waals surface area contributed by atoms with Crippen molar-refractivity contribution >= 4 is 5.84 Å². The van der Waals surface area contributed by atoms with Gasteiger partial charge in [0.25, 0.3) is 5.91 Å². The molecule has 5 atom stereocenters. The van der Waals surface area contributed by atoms with E-state index in [9.17, 15) is 10.5 Å². The van der Waals surface area contributed by atoms with Crippen LogP contribution in [0.5, 0.6) is 0 Å². The summed E-state index contributed by atoms with van der Waals surface area (Å²) in [5.41, 5.74) is 5.60. The van der Waals surface area contributed by atoms with Gasteiger partial charge in [0.1, 0.15) is 11.3 Å². The second-order valence-corrected chi connectivity index (χ2v) is 6.45. The maximum Gasteiger partial charge on any atom is 0.293 e. The molecule has 6 heteroatoms. The molecular formula is C17H16N4O2. The van der Waals surface area contributed by atoms with Gasteiger partial charge >= 0.3 is 0 Å². The highest BCUT2D eigenvalue weighted by molar-refractivity contribution is 6.00. The number of benzene rings is 1. The van der Waals surface area contributed by atoms with E-state index >= 15 is 0 Å². The molecule has 2 heterocycles. The van der Waals surface area contributed by atoms with E-state index in [4.69, 9.17) is 15.2 Å². The van der Waals surface area contributed by atoms with Gasteiger partial charge in [0.15, 0.2) is 5.41 Å². The third-order valence-corrected chi connectivity index (χ3v) is 5.30. The van der Waals surface area contributed by atoms with Gasteiger partial charge in [0, 0.05) is 5.92 Å². The number of aliphatic imine (C=N–C) groups is 1. The lowest BCUT2D eigenvalue weighted by Gasteiger charge is -2.26. The second-order valence-electron chi connectivity index (χ2n) is 6.45. The molecule has 1 saturated heterocycles. The van der Waals surface area contributed by atoms with E-state index in [2.05, 4.69) is 17.1 Å². The molecule has 1 spiro atoms. The van der Waals surface area contributed by atoms with Gasteiger partial charge in [-0.1, -0.05) is 24.3 Å². The van der Waals surface area contributed by atoms with Gasteiger partial charge in [0.05, 0.1) is 24.8 Å². The zero-order valence-electron chi connectivity index (χ0n) is 12.9. The monoisotopic (exact) mass is 308 g/mol. The van der Waals surface area contributed by atoms with Crippen molar-refractivity contribution in [3.8, 4) is 12.1 Å². The molecule has 4 rings (SSSR count). The molecule has 0 amide bonds. The Hall–Kier alpha value is -2.41. The third-order valence-electron chi connectivity index (χ3n) is 5.30. The SMILES string of the molecule is Cc1ccccc1C1C2(C#N)C(N)=NC3(OCC(C)O3)C12C#N. The lowest BCUT2D eigenvalue weighted by atomic mass is 9.93. The Labute approximate surface area is 134 Å². The predicted octanol–water partition coefficient (Wildman–Crippen LogP) is 1.57. The molecule has 1 saturated carbocycles. The van der Waals surface area contributed by atoms with Crippen molar-refractivity contribution < 1.29 is 9.47 Å². The molecule has 1 aromatic carbocycles. The van der Waals surface area contributed by atoms with Crippen molar-refractivity contribution in [1.29, 1.82) is 10.5 Å². The van der Waals surface area contributed by atoms with E-state index in [1.165, 1.54) is 0 Å². The van der Waals surface area contributed by atoms with Crippen molar-refractivity contribution in [3.05, 3.63) is 35.4 Å². The molecule has 1 aliphatic carbocycles. The predicted molar refractivity (Wildman–Crippen MR) is 80.9 cm³/mol. The Balaban J connectivity index is 1.95. The number of amidine groups is 1. The summed E-state index contributed by atoms with van der Waals surface area (Å²) in [6.45, 7) is 4.13. The molecule has 0 radical (unpaired) electrons. The Morgan fingerprint density at radius 1 is 1.30 bits per heavy atom. The standard InChI is InChI=1S/C17H16N4O2/c1-10-5-3-4-6-12(10)13-15(8-18)14(20)21-17(16(13,15)9-19)22-7-11(2)23-17/h3-6,11,13H,7H2,1-2H3,(H2,20,21). The summed E-state index contributed by atoms with van der Waals surface area (Å²) in [5.74, 6) is -1.76. The summed E-state index contributed by atoms with van der Waals surface area (Å²) >= 11 is 0. The normalized spacial score (nSPS) is 43.6. The lowest BCUT2D eigenvalue weighted by molar-refractivity contribution is -0.193. The average molecular weight is 308 g/mol. The number of nitriles is 2. The molecule has 1 aromatic rings. The van der Waals surface area contributed by atoms with Crippen molar-refractivity contribution in [3.63, 3.8) is 0 Å². The van der Waals surface area contributed by atoms with E-state index in [0.717, 1.165) is 11.1 Å². The molecule has 23 heavy (non-hydrogen) atoms. The number of rotatable bonds is 1. The van der Waals surface area contributed by atoms with Crippen LogP contribution in [0, 0.1) is 40.4 Å². The van der Waals surface area contributed by atoms with E-state index in [1.54, 1.807) is 0 Å². The van der Waals surface area contributed by atoms with Crippen LogP contribution in [0.4, 0.5) is 0 Å². The van der Waals surface area contributed by atoms with Crippen molar-refractivity contribution in [1.82, 2.24) is 0 Å². The number of fused-ring (bicyclic) bond motifs is 2. The number of nitrogens with zero attached hydrogens (tertiary/aromatic N) is 3. The smallest absolute Gasteiger partial charge is 0.293 e. The molecule has 116 valence electrons. The zero-order valence-corrected chi connectivity index (χ0v) is 12.9. The fourth-order valence-corrected chi connectivity index (χ4v) is 4.24. The van der Waals surface area contributed by atoms with Crippen LogP contribution in [0.3, 0.4) is 0 Å². The molecule has 0 aromatic heterocycles. The van der Waals surface area contributed by atoms with Crippen LogP contribution in [-0.4, -0.2) is 24.5 Å². The maximum atomic E-state index is 10.0. The minimum absolute atomic E-state index is 0.129. The van der Waals surface area contributed by atoms with E-state index in [1.807, 2.05) is 38.1 Å². The molecule has 0 bridgehead atoms. The zero-order chi connectivity index (χ0) is 16.5. The molecule has 5 unspecified atom stereocenters. The fraction of sp³-hybridized carbons (Fsp3) is 0.471. The number of nitrogens with two attached hydrogens (primary N) is 1. The Kier molecular flexibility index (Phi) is 2.54. The van der Waals surface area contributed by atoms with Gasteiger partial charge < -0.3 is 15.2 Å². The van der Waals surface area contributed by atoms with Crippen molar-refractivity contribution in [2.45, 2.75) is 31.8 Å². The molecule has 3 aliphatic rings. The highest BCUT2D eigenvalue weighted by atomic mass is 16.8. The largest absolute Gasteiger partial charge is 0.386 e. The van der Waals surface area contributed by atoms with Gasteiger partial charge in [-0.05, 0) is 25.0 Å². The number of hydrogen-bond donors (Lipinski definition) is 1. The molecule has 2 N–H and O–H groups in total. The topological polar surface area (TPSA) is 104 Å². The average Bonchev–Trinajstić information content (AvgIpc) is 2.91. The molecule has 6 nitrogen and oxygen atoms in total. The first-order chi connectivity index (χ1) is 11.0. The second kappa shape index (κ2) is 4.11. The number of aryl methyl sites for hydroxylation is 1. The molecule has 2 aliphatic heterocycles. The number of ether oxygens (including phenoxy) is 2. The summed E-state index contributed by atoms with van der Waals surface area (Å²) in [4.78, 5) is 4.30. The summed E-state index contributed by atoms with van der Waals surface area (Å²) in [6.07, 6.45) is -0.204. The van der Waals surface area contributed by atoms with Gasteiger partial charge in [-0.25, -0.2) is 4.99 Å². The quantitative estimate of drug-likeness (QED) is 0.848. The minimum atomic E-state index is -1.48. The Morgan fingerprint density at radius 2 is 2.04 bits per heavy atom. The summed E-state index contributed by atoms with van der Waals surface area (Å²) in [5, 5.41) is 19.9. The summed E-state index contributed by atoms with van der Waals surface area (Å²) < 4.78 is 11.7. The molecular weight excluding hydrogens is 292 g/mol. The van der Waals surface area contributed by atoms with Crippen LogP contribution in [0.2, 0.25) is 0 Å². The first-order valence-corrected chi connectivity index (χ1v) is 7.54. The van der Waals surface area contributed by atoms with Gasteiger partial charge in [-0.3, -0.25) is 0 Å². The minimum Gasteiger partial charge on any atom is -0.386 e. The Morgan fingerprint density at radius 3 is 2.61 bits per heavy atom. The van der Waals surface area contributed by atoms with E-state index < -0.39 is 22.7 Å². The van der Waals surface area contributed by atoms with E-state index in [0.29, 0.717) is 6.61 Å². The van der Waals surface area contributed by atoms with Crippen LogP contribution in [0.25, 0.3) is 0 Å². The molecule has 2 fully saturated rings. The van der Waals surface area contributed by atoms with Crippen molar-refractivity contribution in [2.24, 2.45) is 21.6 Å². The maximum absolute atomic E-state index is 10.0. The summed E-state index contributed by atoms with van der Waals surface area (Å²) in [6, 6.07) is 12.3.